The summed E-state index contributed by atoms with van der Waals surface area (Å²) in [4.78, 5) is 31.1. The first-order valence-corrected chi connectivity index (χ1v) is 9.32. The van der Waals surface area contributed by atoms with E-state index >= 15 is 0 Å². The van der Waals surface area contributed by atoms with Gasteiger partial charge >= 0.3 is 0 Å². The molecule has 2 saturated heterocycles. The molecule has 2 aliphatic heterocycles. The summed E-state index contributed by atoms with van der Waals surface area (Å²) >= 11 is 0. The lowest BCUT2D eigenvalue weighted by atomic mass is 10.1. The van der Waals surface area contributed by atoms with E-state index in [1.165, 1.54) is 6.42 Å². The van der Waals surface area contributed by atoms with Crippen molar-refractivity contribution in [3.8, 4) is 0 Å². The van der Waals surface area contributed by atoms with Crippen LogP contribution in [0.1, 0.15) is 47.0 Å². The van der Waals surface area contributed by atoms with E-state index in [-0.39, 0.29) is 23.4 Å². The molecule has 0 aliphatic carbocycles. The van der Waals surface area contributed by atoms with Crippen LogP contribution >= 0.6 is 0 Å². The lowest BCUT2D eigenvalue weighted by Gasteiger charge is -2.38. The number of hydrogen-bond donors (Lipinski definition) is 1. The molecule has 2 heterocycles. The predicted molar refractivity (Wildman–Crippen MR) is 95.8 cm³/mol. The zero-order valence-corrected chi connectivity index (χ0v) is 15.8. The summed E-state index contributed by atoms with van der Waals surface area (Å²) in [7, 11) is 0. The summed E-state index contributed by atoms with van der Waals surface area (Å²) in [5, 5.41) is 3.05. The van der Waals surface area contributed by atoms with Crippen molar-refractivity contribution in [1.82, 2.24) is 20.0 Å². The van der Waals surface area contributed by atoms with Crippen LogP contribution in [0.15, 0.2) is 0 Å². The zero-order valence-electron chi connectivity index (χ0n) is 15.8. The lowest BCUT2D eigenvalue weighted by Crippen LogP contribution is -2.57. The fraction of sp³-hybridized carbons (Fsp3) is 0.889. The number of hydrogen-bond acceptors (Lipinski definition) is 4. The van der Waals surface area contributed by atoms with Gasteiger partial charge in [0, 0.05) is 44.8 Å². The molecule has 2 rings (SSSR count). The van der Waals surface area contributed by atoms with E-state index in [1.54, 1.807) is 0 Å². The molecule has 1 unspecified atom stereocenters. The van der Waals surface area contributed by atoms with Gasteiger partial charge < -0.3 is 10.2 Å². The largest absolute Gasteiger partial charge is 0.350 e. The van der Waals surface area contributed by atoms with Crippen LogP contribution in [0.25, 0.3) is 0 Å². The zero-order chi connectivity index (χ0) is 17.7. The molecule has 0 spiro atoms. The standard InChI is InChI=1S/C18H34N4O2/c1-15(17(24)19-18(2,3)4)21-12-10-20(11-13-21)14-16(23)22-8-6-5-7-9-22/h15H,5-14H2,1-4H3,(H,19,24). The van der Waals surface area contributed by atoms with Crippen LogP contribution in [0.5, 0.6) is 0 Å². The van der Waals surface area contributed by atoms with Crippen LogP contribution in [0.2, 0.25) is 0 Å². The fourth-order valence-electron chi connectivity index (χ4n) is 3.38. The number of piperidine rings is 1. The molecule has 6 heteroatoms. The molecule has 1 atom stereocenters. The Labute approximate surface area is 146 Å². The molecule has 0 aromatic heterocycles. The van der Waals surface area contributed by atoms with Crippen LogP contribution in [0.3, 0.4) is 0 Å². The third kappa shape index (κ3) is 5.74. The van der Waals surface area contributed by atoms with E-state index in [0.717, 1.165) is 52.1 Å². The number of nitrogens with zero attached hydrogens (tertiary/aromatic N) is 3. The number of carbonyl (C=O) groups excluding carboxylic acids is 2. The molecule has 2 amide bonds. The molecule has 0 radical (unpaired) electrons. The van der Waals surface area contributed by atoms with Gasteiger partial charge in [-0.05, 0) is 47.0 Å². The molecule has 138 valence electrons. The summed E-state index contributed by atoms with van der Waals surface area (Å²) in [5.74, 6) is 0.349. The van der Waals surface area contributed by atoms with Gasteiger partial charge in [-0.25, -0.2) is 0 Å². The van der Waals surface area contributed by atoms with Crippen molar-refractivity contribution in [3.63, 3.8) is 0 Å². The number of amides is 2. The second-order valence-electron chi connectivity index (χ2n) is 8.17. The van der Waals surface area contributed by atoms with E-state index in [2.05, 4.69) is 15.1 Å². The molecule has 2 aliphatic rings. The number of nitrogens with one attached hydrogen (secondary N) is 1. The molecule has 0 aromatic carbocycles. The van der Waals surface area contributed by atoms with Crippen molar-refractivity contribution in [2.24, 2.45) is 0 Å². The molecule has 0 bridgehead atoms. The molecule has 0 saturated carbocycles. The van der Waals surface area contributed by atoms with Gasteiger partial charge in [0.1, 0.15) is 0 Å². The number of likely N-dealkylation sites (tertiary alicyclic amines) is 1. The Morgan fingerprint density at radius 1 is 0.958 bits per heavy atom. The Balaban J connectivity index is 1.74. The van der Waals surface area contributed by atoms with Crippen molar-refractivity contribution in [2.45, 2.75) is 58.5 Å². The van der Waals surface area contributed by atoms with Gasteiger partial charge in [0.05, 0.1) is 12.6 Å². The van der Waals surface area contributed by atoms with E-state index in [4.69, 9.17) is 0 Å². The molecule has 24 heavy (non-hydrogen) atoms. The highest BCUT2D eigenvalue weighted by Crippen LogP contribution is 2.11. The quantitative estimate of drug-likeness (QED) is 0.828. The minimum atomic E-state index is -0.200. The lowest BCUT2D eigenvalue weighted by molar-refractivity contribution is -0.134. The summed E-state index contributed by atoms with van der Waals surface area (Å²) in [6.45, 7) is 13.7. The number of carbonyl (C=O) groups is 2. The molecule has 1 N–H and O–H groups in total. The highest BCUT2D eigenvalue weighted by Gasteiger charge is 2.28. The SMILES string of the molecule is CC(C(=O)NC(C)(C)C)N1CCN(CC(=O)N2CCCCC2)CC1. The highest BCUT2D eigenvalue weighted by molar-refractivity contribution is 5.82. The average molecular weight is 338 g/mol. The van der Waals surface area contributed by atoms with Crippen molar-refractivity contribution in [1.29, 1.82) is 0 Å². The maximum atomic E-state index is 12.4. The third-order valence-electron chi connectivity index (χ3n) is 4.90. The van der Waals surface area contributed by atoms with Crippen LogP contribution in [0, 0.1) is 0 Å². The summed E-state index contributed by atoms with van der Waals surface area (Å²) in [6, 6.07) is -0.121. The highest BCUT2D eigenvalue weighted by atomic mass is 16.2. The van der Waals surface area contributed by atoms with Gasteiger partial charge in [-0.3, -0.25) is 19.4 Å². The van der Waals surface area contributed by atoms with Crippen molar-refractivity contribution >= 4 is 11.8 Å². The second-order valence-corrected chi connectivity index (χ2v) is 8.17. The van der Waals surface area contributed by atoms with Crippen LogP contribution < -0.4 is 5.32 Å². The number of piperazine rings is 1. The average Bonchev–Trinajstić information content (AvgIpc) is 2.54. The van der Waals surface area contributed by atoms with Crippen molar-refractivity contribution in [2.75, 3.05) is 45.8 Å². The third-order valence-corrected chi connectivity index (χ3v) is 4.90. The molecular formula is C18H34N4O2. The first-order valence-electron chi connectivity index (χ1n) is 9.32. The minimum absolute atomic E-state index is 0.0837. The van der Waals surface area contributed by atoms with E-state index < -0.39 is 0 Å². The van der Waals surface area contributed by atoms with Crippen LogP contribution in [-0.4, -0.2) is 83.9 Å². The Morgan fingerprint density at radius 2 is 1.54 bits per heavy atom. The summed E-state index contributed by atoms with van der Waals surface area (Å²) in [5.41, 5.74) is -0.200. The van der Waals surface area contributed by atoms with Gasteiger partial charge in [0.25, 0.3) is 0 Å². The maximum absolute atomic E-state index is 12.4. The van der Waals surface area contributed by atoms with Gasteiger partial charge in [-0.1, -0.05) is 0 Å². The predicted octanol–water partition coefficient (Wildman–Crippen LogP) is 0.920. The Morgan fingerprint density at radius 3 is 2.08 bits per heavy atom. The number of rotatable bonds is 4. The van der Waals surface area contributed by atoms with Gasteiger partial charge in [-0.2, -0.15) is 0 Å². The normalized spacial score (nSPS) is 22.2. The Bertz CT molecular complexity index is 433. The Kier molecular flexibility index (Phi) is 6.63. The van der Waals surface area contributed by atoms with Crippen molar-refractivity contribution in [3.05, 3.63) is 0 Å². The molecule has 2 fully saturated rings. The summed E-state index contributed by atoms with van der Waals surface area (Å²) < 4.78 is 0. The van der Waals surface area contributed by atoms with Crippen LogP contribution in [-0.2, 0) is 9.59 Å². The van der Waals surface area contributed by atoms with Crippen LogP contribution in [0.4, 0.5) is 0 Å². The summed E-state index contributed by atoms with van der Waals surface area (Å²) in [6.07, 6.45) is 3.52. The first kappa shape index (κ1) is 19.2. The Hall–Kier alpha value is -1.14. The van der Waals surface area contributed by atoms with Gasteiger partial charge in [0.15, 0.2) is 0 Å². The molecule has 6 nitrogen and oxygen atoms in total. The van der Waals surface area contributed by atoms with E-state index in [1.807, 2.05) is 32.6 Å². The maximum Gasteiger partial charge on any atom is 0.237 e. The van der Waals surface area contributed by atoms with E-state index in [9.17, 15) is 9.59 Å². The van der Waals surface area contributed by atoms with Gasteiger partial charge in [-0.15, -0.1) is 0 Å². The topological polar surface area (TPSA) is 55.9 Å². The van der Waals surface area contributed by atoms with E-state index in [0.29, 0.717) is 6.54 Å². The molecular weight excluding hydrogens is 304 g/mol. The fourth-order valence-corrected chi connectivity index (χ4v) is 3.38. The van der Waals surface area contributed by atoms with Gasteiger partial charge in [0.2, 0.25) is 11.8 Å². The first-order chi connectivity index (χ1) is 11.3. The molecule has 0 aromatic rings. The monoisotopic (exact) mass is 338 g/mol. The second kappa shape index (κ2) is 8.30. The minimum Gasteiger partial charge on any atom is -0.350 e. The smallest absolute Gasteiger partial charge is 0.237 e. The van der Waals surface area contributed by atoms with Crippen molar-refractivity contribution < 1.29 is 9.59 Å².